The van der Waals surface area contributed by atoms with Gasteiger partial charge >= 0.3 is 5.69 Å². The SMILES string of the molecule is CCn1c(CC2CCN(C(=O)c3cccc4ncccc34)CC2)nn(C)c1=O. The normalized spacial score (nSPS) is 15.3. The van der Waals surface area contributed by atoms with Crippen molar-refractivity contribution in [3.63, 3.8) is 0 Å². The molecular formula is C21H25N5O2. The smallest absolute Gasteiger partial charge is 0.339 e. The van der Waals surface area contributed by atoms with Crippen molar-refractivity contribution in [1.29, 1.82) is 0 Å². The molecule has 2 aromatic heterocycles. The Labute approximate surface area is 163 Å². The van der Waals surface area contributed by atoms with Crippen LogP contribution in [0.15, 0.2) is 41.3 Å². The van der Waals surface area contributed by atoms with Crippen molar-refractivity contribution in [3.05, 3.63) is 58.4 Å². The Morgan fingerprint density at radius 1 is 1.18 bits per heavy atom. The van der Waals surface area contributed by atoms with Gasteiger partial charge in [-0.2, -0.15) is 5.10 Å². The largest absolute Gasteiger partial charge is 0.345 e. The van der Waals surface area contributed by atoms with Gasteiger partial charge in [-0.05, 0) is 43.9 Å². The molecule has 3 heterocycles. The molecule has 28 heavy (non-hydrogen) atoms. The minimum Gasteiger partial charge on any atom is -0.339 e. The van der Waals surface area contributed by atoms with Gasteiger partial charge in [0, 0.05) is 50.2 Å². The maximum atomic E-state index is 13.1. The number of hydrogen-bond acceptors (Lipinski definition) is 4. The van der Waals surface area contributed by atoms with Crippen molar-refractivity contribution in [3.8, 4) is 0 Å². The Bertz CT molecular complexity index is 1050. The van der Waals surface area contributed by atoms with Gasteiger partial charge in [0.15, 0.2) is 0 Å². The van der Waals surface area contributed by atoms with Crippen LogP contribution in [0.4, 0.5) is 0 Å². The molecule has 0 N–H and O–H groups in total. The van der Waals surface area contributed by atoms with Crippen LogP contribution in [0.1, 0.15) is 35.9 Å². The lowest BCUT2D eigenvalue weighted by atomic mass is 9.92. The molecule has 1 fully saturated rings. The van der Waals surface area contributed by atoms with Gasteiger partial charge in [-0.25, -0.2) is 9.48 Å². The Morgan fingerprint density at radius 3 is 2.71 bits per heavy atom. The number of aryl methyl sites for hydroxylation is 1. The zero-order chi connectivity index (χ0) is 19.7. The maximum Gasteiger partial charge on any atom is 0.345 e. The van der Waals surface area contributed by atoms with Gasteiger partial charge in [-0.3, -0.25) is 14.3 Å². The van der Waals surface area contributed by atoms with Crippen LogP contribution < -0.4 is 5.69 Å². The zero-order valence-electron chi connectivity index (χ0n) is 16.3. The van der Waals surface area contributed by atoms with Crippen molar-refractivity contribution in [2.24, 2.45) is 13.0 Å². The molecule has 1 aromatic carbocycles. The number of carbonyl (C=O) groups excluding carboxylic acids is 1. The molecular weight excluding hydrogens is 354 g/mol. The summed E-state index contributed by atoms with van der Waals surface area (Å²) in [5, 5.41) is 5.29. The second kappa shape index (κ2) is 7.58. The molecule has 0 aliphatic carbocycles. The Kier molecular flexibility index (Phi) is 4.98. The van der Waals surface area contributed by atoms with Crippen molar-refractivity contribution in [2.45, 2.75) is 32.7 Å². The van der Waals surface area contributed by atoms with Gasteiger partial charge in [-0.15, -0.1) is 0 Å². The average Bonchev–Trinajstić information content (AvgIpc) is 3.00. The van der Waals surface area contributed by atoms with E-state index in [0.29, 0.717) is 18.0 Å². The third-order valence-electron chi connectivity index (χ3n) is 5.65. The molecule has 1 saturated heterocycles. The predicted molar refractivity (Wildman–Crippen MR) is 107 cm³/mol. The van der Waals surface area contributed by atoms with Crippen LogP contribution in [0, 0.1) is 5.92 Å². The molecule has 146 valence electrons. The second-order valence-electron chi connectivity index (χ2n) is 7.38. The van der Waals surface area contributed by atoms with Gasteiger partial charge in [0.05, 0.1) is 5.52 Å². The Morgan fingerprint density at radius 2 is 1.96 bits per heavy atom. The van der Waals surface area contributed by atoms with Gasteiger partial charge in [0.1, 0.15) is 5.82 Å². The van der Waals surface area contributed by atoms with Crippen molar-refractivity contribution >= 4 is 16.8 Å². The van der Waals surface area contributed by atoms with Crippen LogP contribution in [-0.2, 0) is 20.0 Å². The van der Waals surface area contributed by atoms with E-state index >= 15 is 0 Å². The van der Waals surface area contributed by atoms with Gasteiger partial charge in [0.25, 0.3) is 5.91 Å². The number of piperidine rings is 1. The third-order valence-corrected chi connectivity index (χ3v) is 5.65. The van der Waals surface area contributed by atoms with Crippen LogP contribution in [-0.4, -0.2) is 43.2 Å². The quantitative estimate of drug-likeness (QED) is 0.697. The van der Waals surface area contributed by atoms with Crippen molar-refractivity contribution in [1.82, 2.24) is 24.2 Å². The van der Waals surface area contributed by atoms with E-state index in [1.165, 1.54) is 4.68 Å². The van der Waals surface area contributed by atoms with E-state index in [2.05, 4.69) is 10.1 Å². The van der Waals surface area contributed by atoms with Crippen LogP contribution in [0.5, 0.6) is 0 Å². The average molecular weight is 379 g/mol. The molecule has 3 aromatic rings. The number of likely N-dealkylation sites (tertiary alicyclic amines) is 1. The van der Waals surface area contributed by atoms with Crippen molar-refractivity contribution < 1.29 is 4.79 Å². The highest BCUT2D eigenvalue weighted by molar-refractivity contribution is 6.06. The molecule has 0 atom stereocenters. The molecule has 7 nitrogen and oxygen atoms in total. The molecule has 0 radical (unpaired) electrons. The van der Waals surface area contributed by atoms with Gasteiger partial charge < -0.3 is 4.90 Å². The van der Waals surface area contributed by atoms with E-state index < -0.39 is 0 Å². The highest BCUT2D eigenvalue weighted by atomic mass is 16.2. The first-order chi connectivity index (χ1) is 13.6. The summed E-state index contributed by atoms with van der Waals surface area (Å²) in [4.78, 5) is 31.4. The number of aromatic nitrogens is 4. The maximum absolute atomic E-state index is 13.1. The molecule has 1 amide bonds. The summed E-state index contributed by atoms with van der Waals surface area (Å²) in [5.74, 6) is 1.35. The Balaban J connectivity index is 1.45. The molecule has 0 unspecified atom stereocenters. The van der Waals surface area contributed by atoms with Crippen LogP contribution in [0.25, 0.3) is 10.9 Å². The highest BCUT2D eigenvalue weighted by Gasteiger charge is 2.26. The van der Waals surface area contributed by atoms with E-state index in [9.17, 15) is 9.59 Å². The molecule has 1 aliphatic heterocycles. The monoisotopic (exact) mass is 379 g/mol. The minimum atomic E-state index is -0.0605. The molecule has 4 rings (SSSR count). The van der Waals surface area contributed by atoms with Crippen LogP contribution >= 0.6 is 0 Å². The summed E-state index contributed by atoms with van der Waals surface area (Å²) in [6, 6.07) is 9.52. The lowest BCUT2D eigenvalue weighted by molar-refractivity contribution is 0.0691. The highest BCUT2D eigenvalue weighted by Crippen LogP contribution is 2.24. The fourth-order valence-corrected chi connectivity index (χ4v) is 4.08. The summed E-state index contributed by atoms with van der Waals surface area (Å²) in [6.45, 7) is 4.05. The minimum absolute atomic E-state index is 0.0605. The van der Waals surface area contributed by atoms with E-state index in [-0.39, 0.29) is 11.6 Å². The topological polar surface area (TPSA) is 73.0 Å². The number of benzene rings is 1. The predicted octanol–water partition coefficient (Wildman–Crippen LogP) is 2.24. The van der Waals surface area contributed by atoms with E-state index in [4.69, 9.17) is 0 Å². The number of amides is 1. The Hall–Kier alpha value is -2.96. The molecule has 1 aliphatic rings. The number of nitrogens with zero attached hydrogens (tertiary/aromatic N) is 5. The fraction of sp³-hybridized carbons (Fsp3) is 0.429. The number of pyridine rings is 1. The lowest BCUT2D eigenvalue weighted by Gasteiger charge is -2.32. The molecule has 0 saturated carbocycles. The standard InChI is InChI=1S/C21H25N5O2/c1-3-26-19(23-24(2)21(26)28)14-15-9-12-25(13-10-15)20(27)17-6-4-8-18-16(17)7-5-11-22-18/h4-8,11,15H,3,9-10,12-14H2,1-2H3. The third kappa shape index (κ3) is 3.32. The fourth-order valence-electron chi connectivity index (χ4n) is 4.08. The van der Waals surface area contributed by atoms with Crippen LogP contribution in [0.3, 0.4) is 0 Å². The molecule has 7 heteroatoms. The molecule has 0 spiro atoms. The van der Waals surface area contributed by atoms with Crippen LogP contribution in [0.2, 0.25) is 0 Å². The molecule has 0 bridgehead atoms. The summed E-state index contributed by atoms with van der Waals surface area (Å²) in [5.41, 5.74) is 1.50. The summed E-state index contributed by atoms with van der Waals surface area (Å²) in [7, 11) is 1.69. The number of rotatable bonds is 4. The number of fused-ring (bicyclic) bond motifs is 1. The second-order valence-corrected chi connectivity index (χ2v) is 7.38. The number of carbonyl (C=O) groups is 1. The first-order valence-electron chi connectivity index (χ1n) is 9.84. The first-order valence-corrected chi connectivity index (χ1v) is 9.84. The van der Waals surface area contributed by atoms with Gasteiger partial charge in [0.2, 0.25) is 0 Å². The zero-order valence-corrected chi connectivity index (χ0v) is 16.3. The summed E-state index contributed by atoms with van der Waals surface area (Å²) < 4.78 is 3.15. The van der Waals surface area contributed by atoms with Gasteiger partial charge in [-0.1, -0.05) is 12.1 Å². The van der Waals surface area contributed by atoms with E-state index in [1.807, 2.05) is 42.2 Å². The van der Waals surface area contributed by atoms with Crippen molar-refractivity contribution in [2.75, 3.05) is 13.1 Å². The number of hydrogen-bond donors (Lipinski definition) is 0. The summed E-state index contributed by atoms with van der Waals surface area (Å²) in [6.07, 6.45) is 4.37. The summed E-state index contributed by atoms with van der Waals surface area (Å²) >= 11 is 0. The lowest BCUT2D eigenvalue weighted by Crippen LogP contribution is -2.39. The first kappa shape index (κ1) is 18.4. The van der Waals surface area contributed by atoms with E-state index in [0.717, 1.165) is 49.1 Å². The van der Waals surface area contributed by atoms with E-state index in [1.54, 1.807) is 17.8 Å².